The highest BCUT2D eigenvalue weighted by Crippen LogP contribution is 2.30. The van der Waals surface area contributed by atoms with Gasteiger partial charge in [0.15, 0.2) is 0 Å². The molecule has 2 atom stereocenters. The third-order valence-corrected chi connectivity index (χ3v) is 4.68. The molecule has 2 aliphatic heterocycles. The summed E-state index contributed by atoms with van der Waals surface area (Å²) >= 11 is 0. The van der Waals surface area contributed by atoms with Crippen molar-refractivity contribution in [3.8, 4) is 0 Å². The van der Waals surface area contributed by atoms with Gasteiger partial charge in [-0.25, -0.2) is 9.97 Å². The van der Waals surface area contributed by atoms with E-state index in [2.05, 4.69) is 45.1 Å². The molecule has 5 heteroatoms. The van der Waals surface area contributed by atoms with E-state index in [1.807, 2.05) is 0 Å². The Hall–Kier alpha value is -1.36. The SMILES string of the molecule is CCCNc1cc(N2CCC3CCC(C2)N3C)ncn1. The normalized spacial score (nSPS) is 26.6. The summed E-state index contributed by atoms with van der Waals surface area (Å²) in [5, 5.41) is 3.34. The lowest BCUT2D eigenvalue weighted by molar-refractivity contribution is 0.254. The molecule has 0 radical (unpaired) electrons. The summed E-state index contributed by atoms with van der Waals surface area (Å²) in [5.74, 6) is 2.01. The third kappa shape index (κ3) is 2.73. The fraction of sp³-hybridized carbons (Fsp3) is 0.733. The summed E-state index contributed by atoms with van der Waals surface area (Å²) in [5.41, 5.74) is 0. The van der Waals surface area contributed by atoms with Gasteiger partial charge in [-0.3, -0.25) is 4.90 Å². The molecule has 5 nitrogen and oxygen atoms in total. The molecule has 2 unspecified atom stereocenters. The number of hydrogen-bond acceptors (Lipinski definition) is 5. The lowest BCUT2D eigenvalue weighted by Crippen LogP contribution is -2.37. The van der Waals surface area contributed by atoms with Crippen LogP contribution in [0.4, 0.5) is 11.6 Å². The minimum Gasteiger partial charge on any atom is -0.370 e. The van der Waals surface area contributed by atoms with Crippen LogP contribution < -0.4 is 10.2 Å². The summed E-state index contributed by atoms with van der Waals surface area (Å²) in [7, 11) is 2.28. The van der Waals surface area contributed by atoms with Crippen molar-refractivity contribution in [2.45, 2.75) is 44.7 Å². The average Bonchev–Trinajstić information content (AvgIpc) is 2.70. The minimum atomic E-state index is 0.685. The van der Waals surface area contributed by atoms with E-state index in [4.69, 9.17) is 0 Å². The molecule has 20 heavy (non-hydrogen) atoms. The number of likely N-dealkylation sites (N-methyl/N-ethyl adjacent to an activating group) is 1. The molecule has 110 valence electrons. The Kier molecular flexibility index (Phi) is 4.05. The summed E-state index contributed by atoms with van der Waals surface area (Å²) in [4.78, 5) is 13.8. The molecule has 2 fully saturated rings. The Balaban J connectivity index is 1.72. The van der Waals surface area contributed by atoms with Crippen LogP contribution >= 0.6 is 0 Å². The zero-order valence-corrected chi connectivity index (χ0v) is 12.5. The molecule has 2 bridgehead atoms. The van der Waals surface area contributed by atoms with Crippen molar-refractivity contribution in [1.29, 1.82) is 0 Å². The Bertz CT molecular complexity index is 450. The van der Waals surface area contributed by atoms with Gasteiger partial charge >= 0.3 is 0 Å². The topological polar surface area (TPSA) is 44.3 Å². The van der Waals surface area contributed by atoms with E-state index >= 15 is 0 Å². The first kappa shape index (κ1) is 13.6. The van der Waals surface area contributed by atoms with Crippen molar-refractivity contribution in [2.24, 2.45) is 0 Å². The van der Waals surface area contributed by atoms with Gasteiger partial charge in [0.05, 0.1) is 0 Å². The molecule has 0 aliphatic carbocycles. The molecule has 1 N–H and O–H groups in total. The van der Waals surface area contributed by atoms with Crippen LogP contribution in [0.2, 0.25) is 0 Å². The van der Waals surface area contributed by atoms with Crippen molar-refractivity contribution in [1.82, 2.24) is 14.9 Å². The number of rotatable bonds is 4. The monoisotopic (exact) mass is 275 g/mol. The Morgan fingerprint density at radius 3 is 2.95 bits per heavy atom. The highest BCUT2D eigenvalue weighted by atomic mass is 15.3. The van der Waals surface area contributed by atoms with E-state index in [-0.39, 0.29) is 0 Å². The molecular formula is C15H25N5. The predicted octanol–water partition coefficient (Wildman–Crippen LogP) is 1.97. The molecule has 3 heterocycles. The Morgan fingerprint density at radius 2 is 2.10 bits per heavy atom. The van der Waals surface area contributed by atoms with Crippen LogP contribution in [0.5, 0.6) is 0 Å². The van der Waals surface area contributed by atoms with Gasteiger partial charge in [-0.15, -0.1) is 0 Å². The summed E-state index contributed by atoms with van der Waals surface area (Å²) in [6.07, 6.45) is 6.72. The van der Waals surface area contributed by atoms with E-state index < -0.39 is 0 Å². The van der Waals surface area contributed by atoms with E-state index in [9.17, 15) is 0 Å². The number of nitrogens with zero attached hydrogens (tertiary/aromatic N) is 4. The molecule has 0 saturated carbocycles. The predicted molar refractivity (Wildman–Crippen MR) is 82.2 cm³/mol. The summed E-state index contributed by atoms with van der Waals surface area (Å²) < 4.78 is 0. The fourth-order valence-corrected chi connectivity index (χ4v) is 3.39. The first-order chi connectivity index (χ1) is 9.78. The van der Waals surface area contributed by atoms with Gasteiger partial charge in [-0.1, -0.05) is 6.92 Å². The average molecular weight is 275 g/mol. The number of anilines is 2. The number of aromatic nitrogens is 2. The first-order valence-corrected chi connectivity index (χ1v) is 7.80. The smallest absolute Gasteiger partial charge is 0.134 e. The molecule has 0 amide bonds. The van der Waals surface area contributed by atoms with Crippen molar-refractivity contribution < 1.29 is 0 Å². The van der Waals surface area contributed by atoms with Gasteiger partial charge in [-0.2, -0.15) is 0 Å². The Labute approximate surface area is 121 Å². The zero-order valence-electron chi connectivity index (χ0n) is 12.5. The molecule has 2 aliphatic rings. The Morgan fingerprint density at radius 1 is 1.25 bits per heavy atom. The number of fused-ring (bicyclic) bond motifs is 2. The van der Waals surface area contributed by atoms with Crippen molar-refractivity contribution in [3.63, 3.8) is 0 Å². The molecule has 1 aromatic heterocycles. The van der Waals surface area contributed by atoms with Crippen LogP contribution in [-0.2, 0) is 0 Å². The highest BCUT2D eigenvalue weighted by Gasteiger charge is 2.34. The van der Waals surface area contributed by atoms with E-state index in [0.29, 0.717) is 6.04 Å². The van der Waals surface area contributed by atoms with Crippen LogP contribution in [0, 0.1) is 0 Å². The van der Waals surface area contributed by atoms with Gasteiger partial charge < -0.3 is 10.2 Å². The van der Waals surface area contributed by atoms with Gasteiger partial charge in [0.25, 0.3) is 0 Å². The van der Waals surface area contributed by atoms with Gasteiger partial charge in [0.1, 0.15) is 18.0 Å². The molecular weight excluding hydrogens is 250 g/mol. The van der Waals surface area contributed by atoms with Crippen LogP contribution in [-0.4, -0.2) is 53.6 Å². The summed E-state index contributed by atoms with van der Waals surface area (Å²) in [6, 6.07) is 3.54. The number of hydrogen-bond donors (Lipinski definition) is 1. The van der Waals surface area contributed by atoms with Gasteiger partial charge in [0.2, 0.25) is 0 Å². The van der Waals surface area contributed by atoms with Gasteiger partial charge in [-0.05, 0) is 32.7 Å². The van der Waals surface area contributed by atoms with Gasteiger partial charge in [0, 0.05) is 37.8 Å². The zero-order chi connectivity index (χ0) is 13.9. The largest absolute Gasteiger partial charge is 0.370 e. The molecule has 1 aromatic rings. The molecule has 3 rings (SSSR count). The van der Waals surface area contributed by atoms with Crippen molar-refractivity contribution >= 4 is 11.6 Å². The second-order valence-corrected chi connectivity index (χ2v) is 5.97. The second-order valence-electron chi connectivity index (χ2n) is 5.97. The first-order valence-electron chi connectivity index (χ1n) is 7.80. The van der Waals surface area contributed by atoms with Crippen molar-refractivity contribution in [2.75, 3.05) is 36.9 Å². The second kappa shape index (κ2) is 5.95. The maximum Gasteiger partial charge on any atom is 0.134 e. The quantitative estimate of drug-likeness (QED) is 0.910. The van der Waals surface area contributed by atoms with E-state index in [1.54, 1.807) is 6.33 Å². The minimum absolute atomic E-state index is 0.685. The van der Waals surface area contributed by atoms with E-state index in [0.717, 1.165) is 43.7 Å². The fourth-order valence-electron chi connectivity index (χ4n) is 3.39. The lowest BCUT2D eigenvalue weighted by atomic mass is 10.1. The van der Waals surface area contributed by atoms with Crippen LogP contribution in [0.1, 0.15) is 32.6 Å². The highest BCUT2D eigenvalue weighted by molar-refractivity contribution is 5.48. The summed E-state index contributed by atoms with van der Waals surface area (Å²) in [6.45, 7) is 5.33. The van der Waals surface area contributed by atoms with Crippen LogP contribution in [0.25, 0.3) is 0 Å². The van der Waals surface area contributed by atoms with E-state index in [1.165, 1.54) is 19.3 Å². The maximum atomic E-state index is 4.48. The lowest BCUT2D eigenvalue weighted by Gasteiger charge is -2.26. The standard InChI is InChI=1S/C15H25N5/c1-3-7-16-14-9-15(18-11-17-14)20-8-6-12-4-5-13(10-20)19(12)2/h9,11-13H,3-8,10H2,1-2H3,(H,16,17,18). The van der Waals surface area contributed by atoms with Crippen LogP contribution in [0.15, 0.2) is 12.4 Å². The number of nitrogens with one attached hydrogen (secondary N) is 1. The van der Waals surface area contributed by atoms with Crippen LogP contribution in [0.3, 0.4) is 0 Å². The van der Waals surface area contributed by atoms with Crippen molar-refractivity contribution in [3.05, 3.63) is 12.4 Å². The molecule has 0 aromatic carbocycles. The third-order valence-electron chi connectivity index (χ3n) is 4.68. The molecule has 2 saturated heterocycles. The molecule has 0 spiro atoms. The maximum absolute atomic E-state index is 4.48.